The van der Waals surface area contributed by atoms with E-state index in [0.717, 1.165) is 11.3 Å². The standard InChI is InChI=1S/C15H17FN2O3/c16-12-3-1-11(2-4-12)14-9-13(21-17-14)10-15(19)18-5-7-20-8-6-18/h1-4,13H,5-10H2. The van der Waals surface area contributed by atoms with Crippen molar-refractivity contribution in [3.8, 4) is 0 Å². The Morgan fingerprint density at radius 1 is 1.29 bits per heavy atom. The van der Waals surface area contributed by atoms with Crippen molar-refractivity contribution in [1.82, 2.24) is 4.90 Å². The molecule has 1 unspecified atom stereocenters. The predicted octanol–water partition coefficient (Wildman–Crippen LogP) is 1.57. The van der Waals surface area contributed by atoms with E-state index in [2.05, 4.69) is 5.16 Å². The van der Waals surface area contributed by atoms with Crippen molar-refractivity contribution in [2.45, 2.75) is 18.9 Å². The molecule has 2 heterocycles. The van der Waals surface area contributed by atoms with Crippen molar-refractivity contribution in [1.29, 1.82) is 0 Å². The number of nitrogens with zero attached hydrogens (tertiary/aromatic N) is 2. The van der Waals surface area contributed by atoms with Crippen LogP contribution in [0.15, 0.2) is 29.4 Å². The van der Waals surface area contributed by atoms with Gasteiger partial charge in [-0.25, -0.2) is 4.39 Å². The summed E-state index contributed by atoms with van der Waals surface area (Å²) in [5.74, 6) is -0.212. The van der Waals surface area contributed by atoms with Crippen molar-refractivity contribution in [3.63, 3.8) is 0 Å². The Morgan fingerprint density at radius 2 is 2.00 bits per heavy atom. The number of halogens is 1. The van der Waals surface area contributed by atoms with Gasteiger partial charge in [-0.1, -0.05) is 17.3 Å². The maximum Gasteiger partial charge on any atom is 0.226 e. The molecule has 0 saturated carbocycles. The van der Waals surface area contributed by atoms with Gasteiger partial charge in [-0.2, -0.15) is 0 Å². The minimum atomic E-state index is -0.280. The Hall–Kier alpha value is -1.95. The van der Waals surface area contributed by atoms with Crippen LogP contribution < -0.4 is 0 Å². The predicted molar refractivity (Wildman–Crippen MR) is 74.4 cm³/mol. The number of morpholine rings is 1. The van der Waals surface area contributed by atoms with Crippen LogP contribution in [0, 0.1) is 5.82 Å². The van der Waals surface area contributed by atoms with Gasteiger partial charge in [0, 0.05) is 19.5 Å². The minimum absolute atomic E-state index is 0.0684. The number of hydrogen-bond acceptors (Lipinski definition) is 4. The van der Waals surface area contributed by atoms with Gasteiger partial charge < -0.3 is 14.5 Å². The lowest BCUT2D eigenvalue weighted by atomic mass is 10.0. The molecule has 1 aromatic rings. The van der Waals surface area contributed by atoms with Crippen molar-refractivity contribution < 1.29 is 18.8 Å². The fraction of sp³-hybridized carbons (Fsp3) is 0.467. The van der Waals surface area contributed by atoms with Crippen LogP contribution in [-0.4, -0.2) is 48.9 Å². The number of hydrogen-bond donors (Lipinski definition) is 0. The first-order valence-corrected chi connectivity index (χ1v) is 7.06. The van der Waals surface area contributed by atoms with Crippen LogP contribution in [0.25, 0.3) is 0 Å². The van der Waals surface area contributed by atoms with E-state index in [0.29, 0.717) is 39.1 Å². The number of carbonyl (C=O) groups is 1. The Kier molecular flexibility index (Phi) is 4.15. The summed E-state index contributed by atoms with van der Waals surface area (Å²) in [6.07, 6.45) is 0.649. The lowest BCUT2D eigenvalue weighted by molar-refractivity contribution is -0.137. The average Bonchev–Trinajstić information content (AvgIpc) is 2.97. The van der Waals surface area contributed by atoms with Gasteiger partial charge in [-0.3, -0.25) is 4.79 Å². The van der Waals surface area contributed by atoms with Gasteiger partial charge in [0.15, 0.2) is 0 Å². The molecule has 0 bridgehead atoms. The van der Waals surface area contributed by atoms with Crippen molar-refractivity contribution in [2.24, 2.45) is 5.16 Å². The summed E-state index contributed by atoms with van der Waals surface area (Å²) in [4.78, 5) is 19.3. The van der Waals surface area contributed by atoms with Crippen LogP contribution in [0.4, 0.5) is 4.39 Å². The molecule has 5 nitrogen and oxygen atoms in total. The summed E-state index contributed by atoms with van der Waals surface area (Å²) >= 11 is 0. The molecule has 0 spiro atoms. The highest BCUT2D eigenvalue weighted by molar-refractivity contribution is 6.01. The van der Waals surface area contributed by atoms with Gasteiger partial charge in [0.1, 0.15) is 11.9 Å². The number of rotatable bonds is 3. The molecular weight excluding hydrogens is 275 g/mol. The lowest BCUT2D eigenvalue weighted by Crippen LogP contribution is -2.41. The number of carbonyl (C=O) groups excluding carboxylic acids is 1. The quantitative estimate of drug-likeness (QED) is 0.849. The molecule has 6 heteroatoms. The third-order valence-corrected chi connectivity index (χ3v) is 3.68. The van der Waals surface area contributed by atoms with E-state index in [1.165, 1.54) is 12.1 Å². The summed E-state index contributed by atoms with van der Waals surface area (Å²) in [5, 5.41) is 4.01. The fourth-order valence-electron chi connectivity index (χ4n) is 2.49. The third kappa shape index (κ3) is 3.39. The normalized spacial score (nSPS) is 21.9. The maximum absolute atomic E-state index is 12.9. The molecule has 0 aromatic heterocycles. The second-order valence-corrected chi connectivity index (χ2v) is 5.17. The second kappa shape index (κ2) is 6.22. The lowest BCUT2D eigenvalue weighted by Gasteiger charge is -2.27. The minimum Gasteiger partial charge on any atom is -0.391 e. The van der Waals surface area contributed by atoms with E-state index >= 15 is 0 Å². The molecule has 1 saturated heterocycles. The maximum atomic E-state index is 12.9. The molecular formula is C15H17FN2O3. The molecule has 112 valence electrons. The summed E-state index contributed by atoms with van der Waals surface area (Å²) in [6, 6.07) is 6.13. The van der Waals surface area contributed by atoms with E-state index in [1.54, 1.807) is 17.0 Å². The highest BCUT2D eigenvalue weighted by Gasteiger charge is 2.27. The Labute approximate surface area is 122 Å². The topological polar surface area (TPSA) is 51.1 Å². The zero-order valence-electron chi connectivity index (χ0n) is 11.6. The number of ether oxygens (including phenoxy) is 1. The van der Waals surface area contributed by atoms with Crippen LogP contribution in [-0.2, 0) is 14.4 Å². The van der Waals surface area contributed by atoms with Gasteiger partial charge in [0.25, 0.3) is 0 Å². The Morgan fingerprint density at radius 3 is 2.71 bits per heavy atom. The van der Waals surface area contributed by atoms with Crippen LogP contribution in [0.3, 0.4) is 0 Å². The highest BCUT2D eigenvalue weighted by atomic mass is 19.1. The van der Waals surface area contributed by atoms with Gasteiger partial charge in [0.2, 0.25) is 5.91 Å². The smallest absolute Gasteiger partial charge is 0.226 e. The van der Waals surface area contributed by atoms with Crippen LogP contribution in [0.5, 0.6) is 0 Å². The van der Waals surface area contributed by atoms with E-state index in [1.807, 2.05) is 0 Å². The summed E-state index contributed by atoms with van der Waals surface area (Å²) < 4.78 is 18.1. The van der Waals surface area contributed by atoms with E-state index in [4.69, 9.17) is 9.57 Å². The number of benzene rings is 1. The first kappa shape index (κ1) is 14.0. The van der Waals surface area contributed by atoms with Gasteiger partial charge in [-0.05, 0) is 17.7 Å². The Balaban J connectivity index is 1.53. The van der Waals surface area contributed by atoms with Crippen molar-refractivity contribution >= 4 is 11.6 Å². The van der Waals surface area contributed by atoms with Gasteiger partial charge in [-0.15, -0.1) is 0 Å². The second-order valence-electron chi connectivity index (χ2n) is 5.17. The molecule has 1 fully saturated rings. The van der Waals surface area contributed by atoms with Gasteiger partial charge >= 0.3 is 0 Å². The molecule has 1 amide bonds. The molecule has 1 aromatic carbocycles. The van der Waals surface area contributed by atoms with E-state index in [9.17, 15) is 9.18 Å². The third-order valence-electron chi connectivity index (χ3n) is 3.68. The summed E-state index contributed by atoms with van der Waals surface area (Å²) in [7, 11) is 0. The van der Waals surface area contributed by atoms with E-state index in [-0.39, 0.29) is 17.8 Å². The zero-order valence-corrected chi connectivity index (χ0v) is 11.6. The fourth-order valence-corrected chi connectivity index (χ4v) is 2.49. The molecule has 0 radical (unpaired) electrons. The van der Waals surface area contributed by atoms with Crippen LogP contribution in [0.2, 0.25) is 0 Å². The monoisotopic (exact) mass is 292 g/mol. The first-order valence-electron chi connectivity index (χ1n) is 7.06. The molecule has 1 atom stereocenters. The highest BCUT2D eigenvalue weighted by Crippen LogP contribution is 2.20. The molecule has 3 rings (SSSR count). The molecule has 0 N–H and O–H groups in total. The molecule has 0 aliphatic carbocycles. The van der Waals surface area contributed by atoms with Gasteiger partial charge in [0.05, 0.1) is 25.3 Å². The van der Waals surface area contributed by atoms with Crippen LogP contribution >= 0.6 is 0 Å². The average molecular weight is 292 g/mol. The largest absolute Gasteiger partial charge is 0.391 e. The SMILES string of the molecule is O=C(CC1CC(c2ccc(F)cc2)=NO1)N1CCOCC1. The summed E-state index contributed by atoms with van der Waals surface area (Å²) in [5.41, 5.74) is 1.59. The first-order chi connectivity index (χ1) is 10.2. The molecule has 2 aliphatic rings. The number of oxime groups is 1. The van der Waals surface area contributed by atoms with E-state index < -0.39 is 0 Å². The summed E-state index contributed by atoms with van der Waals surface area (Å²) in [6.45, 7) is 2.46. The van der Waals surface area contributed by atoms with Crippen molar-refractivity contribution in [2.75, 3.05) is 26.3 Å². The zero-order chi connectivity index (χ0) is 14.7. The van der Waals surface area contributed by atoms with Crippen molar-refractivity contribution in [3.05, 3.63) is 35.6 Å². The van der Waals surface area contributed by atoms with Crippen LogP contribution in [0.1, 0.15) is 18.4 Å². The number of amides is 1. The molecule has 2 aliphatic heterocycles. The molecule has 21 heavy (non-hydrogen) atoms. The Bertz CT molecular complexity index is 538.